The monoisotopic (exact) mass is 433 g/mol. The molecule has 1 saturated heterocycles. The second-order valence-corrected chi connectivity index (χ2v) is 9.27. The summed E-state index contributed by atoms with van der Waals surface area (Å²) in [6, 6.07) is 19.2. The highest BCUT2D eigenvalue weighted by atomic mass is 32.1. The van der Waals surface area contributed by atoms with Crippen molar-refractivity contribution in [3.63, 3.8) is 0 Å². The minimum absolute atomic E-state index is 0.00687. The van der Waals surface area contributed by atoms with Crippen LogP contribution in [0.4, 0.5) is 0 Å². The number of aromatic hydroxyl groups is 1. The van der Waals surface area contributed by atoms with Crippen molar-refractivity contribution >= 4 is 16.3 Å². The van der Waals surface area contributed by atoms with Crippen LogP contribution in [0, 0.1) is 13.8 Å². The van der Waals surface area contributed by atoms with Crippen molar-refractivity contribution in [3.8, 4) is 5.88 Å². The molecule has 0 aliphatic carbocycles. The van der Waals surface area contributed by atoms with Gasteiger partial charge in [0.25, 0.3) is 0 Å². The first kappa shape index (κ1) is 20.2. The molecule has 0 amide bonds. The molecule has 5 rings (SSSR count). The van der Waals surface area contributed by atoms with E-state index in [1.165, 1.54) is 28.0 Å². The van der Waals surface area contributed by atoms with Crippen LogP contribution >= 0.6 is 11.3 Å². The summed E-state index contributed by atoms with van der Waals surface area (Å²) in [5.74, 6) is 0.883. The van der Waals surface area contributed by atoms with Crippen molar-refractivity contribution in [2.45, 2.75) is 26.4 Å². The van der Waals surface area contributed by atoms with Crippen LogP contribution in [0.1, 0.15) is 33.4 Å². The van der Waals surface area contributed by atoms with E-state index in [9.17, 15) is 5.11 Å². The van der Waals surface area contributed by atoms with E-state index in [-0.39, 0.29) is 11.9 Å². The summed E-state index contributed by atoms with van der Waals surface area (Å²) < 4.78 is 1.57. The van der Waals surface area contributed by atoms with Crippen LogP contribution in [-0.4, -0.2) is 55.7 Å². The first-order valence-corrected chi connectivity index (χ1v) is 11.5. The highest BCUT2D eigenvalue weighted by Gasteiger charge is 2.31. The van der Waals surface area contributed by atoms with Gasteiger partial charge in [0.15, 0.2) is 0 Å². The summed E-state index contributed by atoms with van der Waals surface area (Å²) in [5, 5.41) is 15.4. The van der Waals surface area contributed by atoms with Crippen molar-refractivity contribution in [1.82, 2.24) is 24.4 Å². The predicted octanol–water partition coefficient (Wildman–Crippen LogP) is 4.02. The van der Waals surface area contributed by atoms with Gasteiger partial charge in [0.05, 0.1) is 10.9 Å². The van der Waals surface area contributed by atoms with Crippen molar-refractivity contribution in [2.75, 3.05) is 26.2 Å². The molecular weight excluding hydrogens is 406 g/mol. The van der Waals surface area contributed by atoms with Gasteiger partial charge in [0.1, 0.15) is 5.82 Å². The van der Waals surface area contributed by atoms with Crippen molar-refractivity contribution in [2.24, 2.45) is 0 Å². The normalized spacial score (nSPS) is 16.7. The van der Waals surface area contributed by atoms with E-state index in [1.54, 1.807) is 4.52 Å². The maximum absolute atomic E-state index is 11.0. The van der Waals surface area contributed by atoms with Crippen LogP contribution in [-0.2, 0) is 6.54 Å². The lowest BCUT2D eigenvalue weighted by atomic mass is 10.0. The average Bonchev–Trinajstić information content (AvgIpc) is 3.27. The van der Waals surface area contributed by atoms with Crippen LogP contribution in [0.2, 0.25) is 0 Å². The summed E-state index contributed by atoms with van der Waals surface area (Å²) in [6.45, 7) is 8.82. The lowest BCUT2D eigenvalue weighted by Gasteiger charge is -2.39. The molecule has 1 aliphatic heterocycles. The van der Waals surface area contributed by atoms with Crippen molar-refractivity contribution in [1.29, 1.82) is 0 Å². The fraction of sp³-hybridized carbons (Fsp3) is 0.333. The van der Waals surface area contributed by atoms with Gasteiger partial charge in [-0.25, -0.2) is 4.98 Å². The van der Waals surface area contributed by atoms with Gasteiger partial charge in [-0.2, -0.15) is 4.52 Å². The van der Waals surface area contributed by atoms with E-state index in [0.717, 1.165) is 42.6 Å². The number of rotatable bonds is 5. The van der Waals surface area contributed by atoms with Crippen LogP contribution in [0.5, 0.6) is 5.88 Å². The number of aryl methyl sites for hydroxylation is 2. The molecule has 0 spiro atoms. The number of aromatic nitrogens is 3. The molecule has 3 heterocycles. The van der Waals surface area contributed by atoms with Gasteiger partial charge in [0, 0.05) is 32.7 Å². The third-order valence-electron chi connectivity index (χ3n) is 5.93. The average molecular weight is 434 g/mol. The quantitative estimate of drug-likeness (QED) is 0.515. The largest absolute Gasteiger partial charge is 0.492 e. The third-order valence-corrected chi connectivity index (χ3v) is 7.01. The van der Waals surface area contributed by atoms with Crippen LogP contribution in [0.25, 0.3) is 4.96 Å². The Labute approximate surface area is 186 Å². The van der Waals surface area contributed by atoms with Gasteiger partial charge >= 0.3 is 0 Å². The maximum atomic E-state index is 11.0. The molecule has 31 heavy (non-hydrogen) atoms. The molecule has 0 bridgehead atoms. The molecule has 1 atom stereocenters. The van der Waals surface area contributed by atoms with Crippen LogP contribution in [0.3, 0.4) is 0 Å². The Morgan fingerprint density at radius 3 is 2.48 bits per heavy atom. The van der Waals surface area contributed by atoms with Gasteiger partial charge in [-0.05, 0) is 25.0 Å². The zero-order chi connectivity index (χ0) is 21.4. The van der Waals surface area contributed by atoms with E-state index >= 15 is 0 Å². The Hall–Kier alpha value is -2.74. The molecule has 6 nitrogen and oxygen atoms in total. The van der Waals surface area contributed by atoms with Crippen molar-refractivity contribution in [3.05, 3.63) is 82.0 Å². The molecule has 0 saturated carbocycles. The summed E-state index contributed by atoms with van der Waals surface area (Å²) in [5.41, 5.74) is 3.78. The Bertz CT molecular complexity index is 1180. The molecule has 7 heteroatoms. The molecule has 2 aromatic carbocycles. The fourth-order valence-corrected chi connectivity index (χ4v) is 5.58. The van der Waals surface area contributed by atoms with Gasteiger partial charge in [-0.15, -0.1) is 5.10 Å². The van der Waals surface area contributed by atoms with Gasteiger partial charge in [-0.3, -0.25) is 9.80 Å². The Balaban J connectivity index is 1.43. The second kappa shape index (κ2) is 8.42. The zero-order valence-corrected chi connectivity index (χ0v) is 18.7. The first-order valence-electron chi connectivity index (χ1n) is 10.7. The Kier molecular flexibility index (Phi) is 5.48. The number of piperazine rings is 1. The van der Waals surface area contributed by atoms with E-state index in [0.29, 0.717) is 5.82 Å². The van der Waals surface area contributed by atoms with Crippen LogP contribution < -0.4 is 0 Å². The topological polar surface area (TPSA) is 56.9 Å². The highest BCUT2D eigenvalue weighted by molar-refractivity contribution is 7.17. The number of hydrogen-bond acceptors (Lipinski definition) is 6. The molecule has 2 aromatic heterocycles. The van der Waals surface area contributed by atoms with E-state index < -0.39 is 0 Å². The number of thiazole rings is 1. The lowest BCUT2D eigenvalue weighted by Crippen LogP contribution is -2.47. The molecule has 4 aromatic rings. The molecular formula is C24H27N5OS. The predicted molar refractivity (Wildman–Crippen MR) is 124 cm³/mol. The highest BCUT2D eigenvalue weighted by Crippen LogP contribution is 2.40. The minimum Gasteiger partial charge on any atom is -0.492 e. The summed E-state index contributed by atoms with van der Waals surface area (Å²) in [6.07, 6.45) is 0. The Morgan fingerprint density at radius 2 is 1.77 bits per heavy atom. The number of fused-ring (bicyclic) bond motifs is 1. The molecule has 0 radical (unpaired) electrons. The fourth-order valence-electron chi connectivity index (χ4n) is 4.42. The smallest absolute Gasteiger partial charge is 0.230 e. The Morgan fingerprint density at radius 1 is 1.00 bits per heavy atom. The minimum atomic E-state index is -0.00687. The number of hydrogen-bond donors (Lipinski definition) is 1. The number of benzene rings is 2. The standard InChI is InChI=1S/C24H27N5OS/c1-17-7-6-10-20(15-17)21(22-23(30)29-24(31-22)25-18(2)26-29)28-13-11-27(12-14-28)16-19-8-4-3-5-9-19/h3-10,15,21,30H,11-14,16H2,1-2H3. The van der Waals surface area contributed by atoms with E-state index in [2.05, 4.69) is 81.4 Å². The summed E-state index contributed by atoms with van der Waals surface area (Å²) >= 11 is 1.53. The summed E-state index contributed by atoms with van der Waals surface area (Å²) in [4.78, 5) is 11.1. The van der Waals surface area contributed by atoms with Crippen LogP contribution in [0.15, 0.2) is 54.6 Å². The van der Waals surface area contributed by atoms with Gasteiger partial charge in [-0.1, -0.05) is 71.5 Å². The molecule has 160 valence electrons. The van der Waals surface area contributed by atoms with Crippen molar-refractivity contribution < 1.29 is 5.11 Å². The maximum Gasteiger partial charge on any atom is 0.230 e. The second-order valence-electron chi connectivity index (χ2n) is 8.26. The SMILES string of the molecule is Cc1cccc(C(c2sc3nc(C)nn3c2O)N2CCN(Cc3ccccc3)CC2)c1. The molecule has 1 fully saturated rings. The summed E-state index contributed by atoms with van der Waals surface area (Å²) in [7, 11) is 0. The molecule has 1 unspecified atom stereocenters. The third kappa shape index (κ3) is 4.08. The van der Waals surface area contributed by atoms with Gasteiger partial charge in [0.2, 0.25) is 10.8 Å². The van der Waals surface area contributed by atoms with Gasteiger partial charge < -0.3 is 5.11 Å². The molecule has 1 aliphatic rings. The zero-order valence-electron chi connectivity index (χ0n) is 17.9. The van der Waals surface area contributed by atoms with E-state index in [4.69, 9.17) is 0 Å². The lowest BCUT2D eigenvalue weighted by molar-refractivity contribution is 0.105. The molecule has 1 N–H and O–H groups in total. The van der Waals surface area contributed by atoms with E-state index in [1.807, 2.05) is 6.92 Å². The first-order chi connectivity index (χ1) is 15.1. The number of nitrogens with zero attached hydrogens (tertiary/aromatic N) is 5.